The number of fused-ring (bicyclic) bond motifs is 1. The second-order valence-electron chi connectivity index (χ2n) is 11.1. The van der Waals surface area contributed by atoms with Crippen molar-refractivity contribution in [2.45, 2.75) is 25.3 Å². The largest absolute Gasteiger partial charge is 0.348 e. The lowest BCUT2D eigenvalue weighted by molar-refractivity contribution is 0.0958. The molecule has 1 aliphatic heterocycles. The fourth-order valence-corrected chi connectivity index (χ4v) is 5.85. The maximum Gasteiger partial charge on any atom is 0.256 e. The monoisotopic (exact) mass is 589 g/mol. The number of carbonyl (C=O) groups is 1. The molecule has 1 aromatic carbocycles. The minimum Gasteiger partial charge on any atom is -0.348 e. The van der Waals surface area contributed by atoms with Crippen molar-refractivity contribution in [3.05, 3.63) is 71.9 Å². The van der Waals surface area contributed by atoms with Crippen molar-refractivity contribution in [1.82, 2.24) is 30.1 Å². The van der Waals surface area contributed by atoms with Gasteiger partial charge in [0.05, 0.1) is 0 Å². The number of anilines is 4. The SMILES string of the molecule is C=CCNC(=O)c1cnc(Nc2ccc3c(c2)CCC(N2CCN(C)CC2)C3)nc1Nc1cccc(N=S(C)(C)=O)n1. The average Bonchev–Trinajstić information content (AvgIpc) is 2.95. The van der Waals surface area contributed by atoms with Crippen molar-refractivity contribution >= 4 is 44.7 Å². The van der Waals surface area contributed by atoms with Gasteiger partial charge >= 0.3 is 0 Å². The molecule has 5 rings (SSSR count). The van der Waals surface area contributed by atoms with Crippen LogP contribution >= 0.6 is 0 Å². The molecule has 1 atom stereocenters. The van der Waals surface area contributed by atoms with Crippen LogP contribution in [0.25, 0.3) is 0 Å². The van der Waals surface area contributed by atoms with Crippen LogP contribution in [-0.4, -0.2) is 93.2 Å². The Kier molecular flexibility index (Phi) is 9.15. The Hall–Kier alpha value is -3.87. The van der Waals surface area contributed by atoms with E-state index in [1.165, 1.54) is 17.3 Å². The summed E-state index contributed by atoms with van der Waals surface area (Å²) in [7, 11) is -0.193. The van der Waals surface area contributed by atoms with Crippen molar-refractivity contribution in [3.8, 4) is 0 Å². The van der Waals surface area contributed by atoms with Gasteiger partial charge < -0.3 is 20.9 Å². The first-order valence-electron chi connectivity index (χ1n) is 14.2. The van der Waals surface area contributed by atoms with Crippen LogP contribution in [0.5, 0.6) is 0 Å². The second kappa shape index (κ2) is 13.0. The zero-order valence-corrected chi connectivity index (χ0v) is 25.3. The standard InChI is InChI=1S/C30H39N9O2S/c1-5-13-31-29(40)25-20-32-30(36-28(25)35-26-7-6-8-27(34-26)37-42(3,4)41)33-23-11-9-22-19-24(12-10-21(22)18-23)39-16-14-38(2)15-17-39/h5-9,11,18,20,24H,1,10,12-17,19H2,2-4H3,(H,31,40)(H2,32,33,34,35,36). The molecule has 11 nitrogen and oxygen atoms in total. The zero-order chi connectivity index (χ0) is 29.7. The number of aryl methyl sites for hydroxylation is 1. The number of pyridine rings is 1. The first-order chi connectivity index (χ1) is 20.2. The summed E-state index contributed by atoms with van der Waals surface area (Å²) in [6, 6.07) is 12.2. The maximum absolute atomic E-state index is 12.9. The number of nitrogens with one attached hydrogen (secondary N) is 3. The van der Waals surface area contributed by atoms with Crippen LogP contribution in [0.15, 0.2) is 59.6 Å². The quantitative estimate of drug-likeness (QED) is 0.320. The van der Waals surface area contributed by atoms with E-state index < -0.39 is 9.73 Å². The summed E-state index contributed by atoms with van der Waals surface area (Å²) >= 11 is 0. The minimum absolute atomic E-state index is 0.252. The van der Waals surface area contributed by atoms with E-state index >= 15 is 0 Å². The molecule has 0 radical (unpaired) electrons. The van der Waals surface area contributed by atoms with Gasteiger partial charge in [0.25, 0.3) is 5.91 Å². The van der Waals surface area contributed by atoms with Crippen LogP contribution in [0.3, 0.4) is 0 Å². The van der Waals surface area contributed by atoms with Gasteiger partial charge in [-0.25, -0.2) is 14.2 Å². The van der Waals surface area contributed by atoms with Crippen LogP contribution < -0.4 is 16.0 Å². The number of likely N-dealkylation sites (N-methyl/N-ethyl adjacent to an activating group) is 1. The number of rotatable bonds is 9. The first-order valence-corrected chi connectivity index (χ1v) is 16.5. The topological polar surface area (TPSA) is 128 Å². The van der Waals surface area contributed by atoms with E-state index in [0.717, 1.165) is 51.1 Å². The molecule has 1 aliphatic carbocycles. The summed E-state index contributed by atoms with van der Waals surface area (Å²) in [5, 5.41) is 9.20. The van der Waals surface area contributed by atoms with Gasteiger partial charge in [-0.3, -0.25) is 9.69 Å². The third-order valence-electron chi connectivity index (χ3n) is 7.45. The molecule has 12 heteroatoms. The molecule has 0 spiro atoms. The number of carbonyl (C=O) groups excluding carboxylic acids is 1. The molecule has 3 heterocycles. The Morgan fingerprint density at radius 1 is 1.12 bits per heavy atom. The fourth-order valence-electron chi connectivity index (χ4n) is 5.30. The van der Waals surface area contributed by atoms with Gasteiger partial charge in [0, 0.05) is 72.9 Å². The molecule has 3 aromatic rings. The molecule has 2 aromatic heterocycles. The lowest BCUT2D eigenvalue weighted by atomic mass is 9.87. The van der Waals surface area contributed by atoms with Gasteiger partial charge in [0.2, 0.25) is 5.95 Å². The highest BCUT2D eigenvalue weighted by molar-refractivity contribution is 7.92. The van der Waals surface area contributed by atoms with Crippen LogP contribution in [0.4, 0.5) is 29.1 Å². The highest BCUT2D eigenvalue weighted by Crippen LogP contribution is 2.29. The zero-order valence-electron chi connectivity index (χ0n) is 24.5. The van der Waals surface area contributed by atoms with Crippen LogP contribution in [0.1, 0.15) is 27.9 Å². The number of hydrogen-bond donors (Lipinski definition) is 3. The summed E-state index contributed by atoms with van der Waals surface area (Å²) in [6.45, 7) is 8.50. The van der Waals surface area contributed by atoms with Gasteiger partial charge in [-0.2, -0.15) is 9.35 Å². The number of benzene rings is 1. The summed E-state index contributed by atoms with van der Waals surface area (Å²) in [6.07, 6.45) is 9.44. The smallest absolute Gasteiger partial charge is 0.256 e. The molecule has 1 saturated heterocycles. The third-order valence-corrected chi connectivity index (χ3v) is 8.08. The lowest BCUT2D eigenvalue weighted by Crippen LogP contribution is -2.50. The third kappa shape index (κ3) is 7.69. The van der Waals surface area contributed by atoms with Crippen LogP contribution in [0, 0.1) is 0 Å². The number of nitrogens with zero attached hydrogens (tertiary/aromatic N) is 6. The summed E-state index contributed by atoms with van der Waals surface area (Å²) in [5.74, 6) is 1.00. The van der Waals surface area contributed by atoms with Crippen LogP contribution in [-0.2, 0) is 22.6 Å². The van der Waals surface area contributed by atoms with Gasteiger partial charge in [-0.05, 0) is 61.7 Å². The van der Waals surface area contributed by atoms with Crippen molar-refractivity contribution in [2.75, 3.05) is 62.9 Å². The molecule has 0 saturated carbocycles. The van der Waals surface area contributed by atoms with Crippen molar-refractivity contribution in [1.29, 1.82) is 0 Å². The Bertz CT molecular complexity index is 1570. The fraction of sp³-hybridized carbons (Fsp3) is 0.400. The van der Waals surface area contributed by atoms with E-state index in [2.05, 4.69) is 76.9 Å². The molecule has 0 bridgehead atoms. The molecule has 1 unspecified atom stereocenters. The Morgan fingerprint density at radius 3 is 2.69 bits per heavy atom. The van der Waals surface area contributed by atoms with E-state index in [9.17, 15) is 9.00 Å². The Morgan fingerprint density at radius 2 is 1.93 bits per heavy atom. The highest BCUT2D eigenvalue weighted by Gasteiger charge is 2.26. The molecule has 2 aliphatic rings. The Balaban J connectivity index is 1.35. The predicted octanol–water partition coefficient (Wildman–Crippen LogP) is 3.74. The normalized spacial score (nSPS) is 17.6. The number of piperazine rings is 1. The molecule has 3 N–H and O–H groups in total. The molecular weight excluding hydrogens is 550 g/mol. The maximum atomic E-state index is 12.9. The number of amides is 1. The first kappa shape index (κ1) is 29.6. The highest BCUT2D eigenvalue weighted by atomic mass is 32.2. The van der Waals surface area contributed by atoms with Gasteiger partial charge in [0.15, 0.2) is 5.82 Å². The second-order valence-corrected chi connectivity index (χ2v) is 13.6. The molecular formula is C30H39N9O2S. The summed E-state index contributed by atoms with van der Waals surface area (Å²) in [4.78, 5) is 31.4. The molecule has 1 amide bonds. The van der Waals surface area contributed by atoms with Gasteiger partial charge in [-0.15, -0.1) is 6.58 Å². The minimum atomic E-state index is -2.39. The predicted molar refractivity (Wildman–Crippen MR) is 169 cm³/mol. The average molecular weight is 590 g/mol. The van der Waals surface area contributed by atoms with Gasteiger partial charge in [0.1, 0.15) is 17.2 Å². The number of aromatic nitrogens is 3. The van der Waals surface area contributed by atoms with E-state index in [1.807, 2.05) is 0 Å². The lowest BCUT2D eigenvalue weighted by Gasteiger charge is -2.40. The van der Waals surface area contributed by atoms with Crippen molar-refractivity contribution in [2.24, 2.45) is 4.36 Å². The van der Waals surface area contributed by atoms with Crippen molar-refractivity contribution in [3.63, 3.8) is 0 Å². The molecule has 222 valence electrons. The van der Waals surface area contributed by atoms with Crippen molar-refractivity contribution < 1.29 is 9.00 Å². The van der Waals surface area contributed by atoms with Crippen LogP contribution in [0.2, 0.25) is 0 Å². The van der Waals surface area contributed by atoms with E-state index in [4.69, 9.17) is 0 Å². The van der Waals surface area contributed by atoms with E-state index in [1.54, 1.807) is 36.8 Å². The molecule has 42 heavy (non-hydrogen) atoms. The van der Waals surface area contributed by atoms with Gasteiger partial charge in [-0.1, -0.05) is 18.2 Å². The Labute approximate surface area is 248 Å². The number of hydrogen-bond acceptors (Lipinski definition) is 10. The summed E-state index contributed by atoms with van der Waals surface area (Å²) in [5.41, 5.74) is 3.88. The van der Waals surface area contributed by atoms with E-state index in [0.29, 0.717) is 30.2 Å². The molecule has 1 fully saturated rings. The summed E-state index contributed by atoms with van der Waals surface area (Å²) < 4.78 is 16.3. The van der Waals surface area contributed by atoms with E-state index in [-0.39, 0.29) is 17.3 Å².